The van der Waals surface area contributed by atoms with Crippen molar-refractivity contribution in [1.82, 2.24) is 15.3 Å². The van der Waals surface area contributed by atoms with Crippen LogP contribution in [-0.2, 0) is 20.9 Å². The van der Waals surface area contributed by atoms with Gasteiger partial charge in [0.05, 0.1) is 42.4 Å². The number of carbonyl (C=O) groups is 4. The largest absolute Gasteiger partial charge is 0.481 e. The first kappa shape index (κ1) is 25.2. The molecular weight excluding hydrogens is 437 g/mol. The highest BCUT2D eigenvalue weighted by atomic mass is 19.1. The number of carboxylic acids is 1. The van der Waals surface area contributed by atoms with Gasteiger partial charge in [-0.15, -0.1) is 0 Å². The zero-order chi connectivity index (χ0) is 24.6. The van der Waals surface area contributed by atoms with Gasteiger partial charge in [-0.3, -0.25) is 24.7 Å². The van der Waals surface area contributed by atoms with E-state index in [4.69, 9.17) is 9.84 Å². The maximum Gasteiger partial charge on any atom is 0.412 e. The van der Waals surface area contributed by atoms with Gasteiger partial charge in [0, 0.05) is 6.42 Å². The number of nitrogens with one attached hydrogen (secondary N) is 3. The Morgan fingerprint density at radius 1 is 1.03 bits per heavy atom. The van der Waals surface area contributed by atoms with Crippen LogP contribution in [-0.4, -0.2) is 44.6 Å². The van der Waals surface area contributed by atoms with Crippen LogP contribution in [0.1, 0.15) is 49.8 Å². The van der Waals surface area contributed by atoms with E-state index in [9.17, 15) is 23.6 Å². The summed E-state index contributed by atoms with van der Waals surface area (Å²) >= 11 is 0. The molecule has 0 aliphatic heterocycles. The Morgan fingerprint density at radius 3 is 2.36 bits per heavy atom. The third-order valence-corrected chi connectivity index (χ3v) is 3.84. The molecule has 0 bridgehead atoms. The lowest BCUT2D eigenvalue weighted by Gasteiger charge is -2.20. The van der Waals surface area contributed by atoms with Crippen LogP contribution >= 0.6 is 0 Å². The first-order valence-electron chi connectivity index (χ1n) is 9.83. The molecule has 2 aromatic rings. The number of halogens is 1. The molecule has 11 nitrogen and oxygen atoms in total. The van der Waals surface area contributed by atoms with Gasteiger partial charge in [-0.05, 0) is 39.0 Å². The van der Waals surface area contributed by atoms with Crippen molar-refractivity contribution in [2.45, 2.75) is 45.8 Å². The number of amides is 3. The van der Waals surface area contributed by atoms with E-state index >= 15 is 0 Å². The molecule has 0 saturated heterocycles. The predicted molar refractivity (Wildman–Crippen MR) is 115 cm³/mol. The number of aromatic nitrogens is 2. The first-order chi connectivity index (χ1) is 15.4. The molecule has 0 saturated carbocycles. The van der Waals surface area contributed by atoms with Crippen LogP contribution in [0.3, 0.4) is 0 Å². The monoisotopic (exact) mass is 461 g/mol. The Balaban J connectivity index is 2.01. The molecule has 33 heavy (non-hydrogen) atoms. The average molecular weight is 461 g/mol. The van der Waals surface area contributed by atoms with Gasteiger partial charge < -0.3 is 20.5 Å². The summed E-state index contributed by atoms with van der Waals surface area (Å²) in [5, 5.41) is 16.0. The minimum atomic E-state index is -1.08. The molecule has 1 heterocycles. The van der Waals surface area contributed by atoms with Gasteiger partial charge in [-0.25, -0.2) is 14.2 Å². The smallest absolute Gasteiger partial charge is 0.412 e. The first-order valence-corrected chi connectivity index (χ1v) is 9.83. The average Bonchev–Trinajstić information content (AvgIpc) is 2.71. The summed E-state index contributed by atoms with van der Waals surface area (Å²) in [6.45, 7) is 5.02. The summed E-state index contributed by atoms with van der Waals surface area (Å²) in [4.78, 5) is 54.6. The topological polar surface area (TPSA) is 160 Å². The lowest BCUT2D eigenvalue weighted by molar-refractivity contribution is -0.138. The second-order valence-electron chi connectivity index (χ2n) is 7.83. The van der Waals surface area contributed by atoms with E-state index in [1.165, 1.54) is 18.5 Å². The Bertz CT molecular complexity index is 1040. The van der Waals surface area contributed by atoms with Crippen molar-refractivity contribution in [2.75, 3.05) is 10.6 Å². The number of nitrogens with zero attached hydrogens (tertiary/aromatic N) is 2. The summed E-state index contributed by atoms with van der Waals surface area (Å²) < 4.78 is 18.8. The van der Waals surface area contributed by atoms with Crippen LogP contribution in [0.4, 0.5) is 20.6 Å². The number of anilines is 2. The molecule has 0 spiro atoms. The zero-order valence-electron chi connectivity index (χ0n) is 18.3. The lowest BCUT2D eigenvalue weighted by atomic mass is 10.2. The van der Waals surface area contributed by atoms with E-state index in [2.05, 4.69) is 25.9 Å². The fourth-order valence-corrected chi connectivity index (χ4v) is 2.39. The highest BCUT2D eigenvalue weighted by molar-refractivity contribution is 6.05. The summed E-state index contributed by atoms with van der Waals surface area (Å²) in [5.74, 6) is -2.83. The van der Waals surface area contributed by atoms with Gasteiger partial charge in [0.2, 0.25) is 5.91 Å². The third kappa shape index (κ3) is 8.89. The van der Waals surface area contributed by atoms with Crippen molar-refractivity contribution in [1.29, 1.82) is 0 Å². The molecule has 1 aromatic heterocycles. The maximum atomic E-state index is 13.7. The quantitative estimate of drug-likeness (QED) is 0.467. The van der Waals surface area contributed by atoms with Gasteiger partial charge in [0.25, 0.3) is 5.91 Å². The molecular formula is C21H24FN5O6. The highest BCUT2D eigenvalue weighted by Crippen LogP contribution is 2.24. The number of carboxylic acid groups (broad SMARTS) is 1. The van der Waals surface area contributed by atoms with Gasteiger partial charge >= 0.3 is 12.1 Å². The number of hydrogen-bond donors (Lipinski definition) is 4. The molecule has 0 unspecified atom stereocenters. The predicted octanol–water partition coefficient (Wildman–Crippen LogP) is 2.70. The van der Waals surface area contributed by atoms with Crippen molar-refractivity contribution >= 4 is 35.3 Å². The molecule has 0 fully saturated rings. The van der Waals surface area contributed by atoms with Crippen molar-refractivity contribution < 1.29 is 33.4 Å². The minimum Gasteiger partial charge on any atom is -0.481 e. The van der Waals surface area contributed by atoms with Crippen LogP contribution in [0.2, 0.25) is 0 Å². The minimum absolute atomic E-state index is 0.00810. The van der Waals surface area contributed by atoms with Gasteiger partial charge in [0.1, 0.15) is 17.1 Å². The fourth-order valence-electron chi connectivity index (χ4n) is 2.39. The van der Waals surface area contributed by atoms with Crippen molar-refractivity contribution in [3.63, 3.8) is 0 Å². The molecule has 0 atom stereocenters. The Hall–Kier alpha value is -4.09. The second-order valence-corrected chi connectivity index (χ2v) is 7.83. The van der Waals surface area contributed by atoms with Gasteiger partial charge in [-0.2, -0.15) is 0 Å². The van der Waals surface area contributed by atoms with E-state index in [0.29, 0.717) is 5.69 Å². The van der Waals surface area contributed by atoms with Crippen LogP contribution in [0.25, 0.3) is 0 Å². The molecule has 0 radical (unpaired) electrons. The summed E-state index contributed by atoms with van der Waals surface area (Å²) in [6, 6.07) is 3.41. The molecule has 12 heteroatoms. The molecule has 0 aliphatic carbocycles. The van der Waals surface area contributed by atoms with Crippen molar-refractivity contribution in [3.8, 4) is 0 Å². The molecule has 176 valence electrons. The molecule has 0 aliphatic rings. The van der Waals surface area contributed by atoms with E-state index in [0.717, 1.165) is 12.1 Å². The van der Waals surface area contributed by atoms with Crippen LogP contribution in [0.5, 0.6) is 0 Å². The van der Waals surface area contributed by atoms with Crippen LogP contribution < -0.4 is 16.0 Å². The number of carbonyl (C=O) groups excluding carboxylic acids is 3. The van der Waals surface area contributed by atoms with E-state index in [1.807, 2.05) is 0 Å². The molecule has 2 rings (SSSR count). The Kier molecular flexibility index (Phi) is 8.37. The van der Waals surface area contributed by atoms with Crippen LogP contribution in [0.15, 0.2) is 30.6 Å². The normalized spacial score (nSPS) is 10.8. The van der Waals surface area contributed by atoms with Gasteiger partial charge in [0.15, 0.2) is 0 Å². The number of ether oxygens (including phenoxy) is 1. The molecule has 3 amide bonds. The summed E-state index contributed by atoms with van der Waals surface area (Å²) in [6.07, 6.45) is 1.18. The van der Waals surface area contributed by atoms with Crippen LogP contribution in [0, 0.1) is 5.82 Å². The molecule has 1 aromatic carbocycles. The number of hydrogen-bond acceptors (Lipinski definition) is 7. The number of benzene rings is 1. The SMILES string of the molecule is CC(C)(C)OC(=O)Nc1cc(F)ccc1NC(=O)c1cnc(CNC(=O)CCC(=O)O)cn1. The number of aliphatic carboxylic acids is 1. The second kappa shape index (κ2) is 11.0. The maximum absolute atomic E-state index is 13.7. The fraction of sp³-hybridized carbons (Fsp3) is 0.333. The number of rotatable bonds is 8. The standard InChI is InChI=1S/C21H24FN5O6/c1-21(2,3)33-20(32)27-15-8-12(22)4-5-14(15)26-19(31)16-11-23-13(9-24-16)10-25-17(28)6-7-18(29)30/h4-5,8-9,11H,6-7,10H2,1-3H3,(H,25,28)(H,26,31)(H,27,32)(H,29,30). The zero-order valence-corrected chi connectivity index (χ0v) is 18.3. The molecule has 4 N–H and O–H groups in total. The highest BCUT2D eigenvalue weighted by Gasteiger charge is 2.19. The lowest BCUT2D eigenvalue weighted by Crippen LogP contribution is -2.27. The Labute approximate surface area is 188 Å². The van der Waals surface area contributed by atoms with E-state index in [-0.39, 0.29) is 36.5 Å². The summed E-state index contributed by atoms with van der Waals surface area (Å²) in [7, 11) is 0. The third-order valence-electron chi connectivity index (χ3n) is 3.84. The van der Waals surface area contributed by atoms with E-state index in [1.54, 1.807) is 20.8 Å². The van der Waals surface area contributed by atoms with Gasteiger partial charge in [-0.1, -0.05) is 0 Å². The Morgan fingerprint density at radius 2 is 1.76 bits per heavy atom. The van der Waals surface area contributed by atoms with Crippen molar-refractivity contribution in [2.24, 2.45) is 0 Å². The van der Waals surface area contributed by atoms with E-state index < -0.39 is 35.3 Å². The van der Waals surface area contributed by atoms with Crippen molar-refractivity contribution in [3.05, 3.63) is 47.8 Å². The summed E-state index contributed by atoms with van der Waals surface area (Å²) in [5.41, 5.74) is -0.378.